The van der Waals surface area contributed by atoms with E-state index in [0.29, 0.717) is 0 Å². The van der Waals surface area contributed by atoms with Crippen molar-refractivity contribution in [3.63, 3.8) is 0 Å². The van der Waals surface area contributed by atoms with Gasteiger partial charge in [0.25, 0.3) is 0 Å². The molecular formula is C68H46N2. The van der Waals surface area contributed by atoms with Crippen molar-refractivity contribution in [2.75, 3.05) is 4.90 Å². The van der Waals surface area contributed by atoms with Crippen LogP contribution in [0.3, 0.4) is 0 Å². The minimum Gasteiger partial charge on any atom is -0.310 e. The minimum absolute atomic E-state index is 1.08. The Labute approximate surface area is 408 Å². The Kier molecular flexibility index (Phi) is 10.2. The third-order valence-corrected chi connectivity index (χ3v) is 14.0. The third kappa shape index (κ3) is 7.13. The van der Waals surface area contributed by atoms with Crippen molar-refractivity contribution in [2.45, 2.75) is 0 Å². The molecule has 2 heteroatoms. The number of hydrogen-bond acceptors (Lipinski definition) is 1. The predicted octanol–water partition coefficient (Wildman–Crippen LogP) is 18.9. The molecule has 0 aliphatic carbocycles. The standard InChI is InChI=1S/C68H46N2/c1-5-20-48(21-6-1)57-30-15-17-34-64(57)69(55-40-36-47(37-41-55)52-39-43-66-62(45-52)60-32-16-18-35-65(60)70(66)54-27-11-4-12-28-54)56-29-19-26-51(44-56)53-38-42-59-58-31-13-14-33-61(58)67(49-22-7-2-8-23-49)68(63(59)46-53)50-24-9-3-10-25-50/h1-46H. The molecule has 70 heavy (non-hydrogen) atoms. The zero-order valence-corrected chi connectivity index (χ0v) is 38.5. The van der Waals surface area contributed by atoms with E-state index in [0.717, 1.165) is 39.4 Å². The number of benzene rings is 12. The van der Waals surface area contributed by atoms with Crippen LogP contribution in [0.15, 0.2) is 279 Å². The van der Waals surface area contributed by atoms with Gasteiger partial charge in [0.1, 0.15) is 0 Å². The molecular weight excluding hydrogens is 845 g/mol. The van der Waals surface area contributed by atoms with Crippen molar-refractivity contribution in [1.29, 1.82) is 0 Å². The Bertz CT molecular complexity index is 4020. The van der Waals surface area contributed by atoms with Gasteiger partial charge in [-0.15, -0.1) is 0 Å². The summed E-state index contributed by atoms with van der Waals surface area (Å²) in [5, 5.41) is 7.47. The molecule has 13 aromatic rings. The minimum atomic E-state index is 1.08. The van der Waals surface area contributed by atoms with Gasteiger partial charge in [-0.1, -0.05) is 212 Å². The summed E-state index contributed by atoms with van der Waals surface area (Å²) in [6, 6.07) is 102. The summed E-state index contributed by atoms with van der Waals surface area (Å²) in [7, 11) is 0. The first-order valence-electron chi connectivity index (χ1n) is 24.1. The third-order valence-electron chi connectivity index (χ3n) is 14.0. The molecule has 1 aromatic heterocycles. The van der Waals surface area contributed by atoms with Crippen molar-refractivity contribution in [2.24, 2.45) is 0 Å². The highest BCUT2D eigenvalue weighted by atomic mass is 15.1. The Morgan fingerprint density at radius 1 is 0.243 bits per heavy atom. The van der Waals surface area contributed by atoms with Gasteiger partial charge in [0, 0.05) is 33.4 Å². The smallest absolute Gasteiger partial charge is 0.0541 e. The molecule has 0 saturated heterocycles. The second kappa shape index (κ2) is 17.4. The lowest BCUT2D eigenvalue weighted by atomic mass is 9.84. The van der Waals surface area contributed by atoms with Gasteiger partial charge in [-0.25, -0.2) is 0 Å². The van der Waals surface area contributed by atoms with E-state index in [1.165, 1.54) is 82.3 Å². The van der Waals surface area contributed by atoms with E-state index in [2.05, 4.69) is 289 Å². The normalized spacial score (nSPS) is 11.4. The maximum Gasteiger partial charge on any atom is 0.0541 e. The maximum atomic E-state index is 2.42. The monoisotopic (exact) mass is 890 g/mol. The molecule has 0 spiro atoms. The molecule has 0 radical (unpaired) electrons. The molecule has 0 aliphatic rings. The van der Waals surface area contributed by atoms with Gasteiger partial charge in [-0.05, 0) is 138 Å². The summed E-state index contributed by atoms with van der Waals surface area (Å²) in [5.41, 5.74) is 18.7. The molecule has 12 aromatic carbocycles. The van der Waals surface area contributed by atoms with E-state index < -0.39 is 0 Å². The first-order chi connectivity index (χ1) is 34.7. The molecule has 13 rings (SSSR count). The summed E-state index contributed by atoms with van der Waals surface area (Å²) in [4.78, 5) is 2.42. The van der Waals surface area contributed by atoms with Crippen molar-refractivity contribution in [1.82, 2.24) is 4.57 Å². The van der Waals surface area contributed by atoms with Crippen LogP contribution >= 0.6 is 0 Å². The number of para-hydroxylation sites is 3. The molecule has 1 heterocycles. The molecule has 0 aliphatic heterocycles. The summed E-state index contributed by atoms with van der Waals surface area (Å²) in [5.74, 6) is 0. The first-order valence-corrected chi connectivity index (χ1v) is 24.1. The predicted molar refractivity (Wildman–Crippen MR) is 298 cm³/mol. The average molecular weight is 891 g/mol. The fourth-order valence-electron chi connectivity index (χ4n) is 10.8. The fraction of sp³-hybridized carbons (Fsp3) is 0. The van der Waals surface area contributed by atoms with Gasteiger partial charge in [-0.2, -0.15) is 0 Å². The van der Waals surface area contributed by atoms with Crippen LogP contribution in [0.4, 0.5) is 17.1 Å². The molecule has 0 amide bonds. The van der Waals surface area contributed by atoms with Crippen LogP contribution < -0.4 is 4.90 Å². The summed E-state index contributed by atoms with van der Waals surface area (Å²) in [6.07, 6.45) is 0. The van der Waals surface area contributed by atoms with Crippen LogP contribution in [0.5, 0.6) is 0 Å². The summed E-state index contributed by atoms with van der Waals surface area (Å²) < 4.78 is 2.37. The van der Waals surface area contributed by atoms with E-state index in [1.54, 1.807) is 0 Å². The van der Waals surface area contributed by atoms with Gasteiger partial charge in [0.15, 0.2) is 0 Å². The number of anilines is 3. The summed E-state index contributed by atoms with van der Waals surface area (Å²) >= 11 is 0. The zero-order chi connectivity index (χ0) is 46.4. The molecule has 0 saturated carbocycles. The highest BCUT2D eigenvalue weighted by molar-refractivity contribution is 6.22. The van der Waals surface area contributed by atoms with Crippen molar-refractivity contribution >= 4 is 60.4 Å². The van der Waals surface area contributed by atoms with Crippen LogP contribution in [0.1, 0.15) is 0 Å². The van der Waals surface area contributed by atoms with Gasteiger partial charge >= 0.3 is 0 Å². The van der Waals surface area contributed by atoms with Crippen molar-refractivity contribution in [3.05, 3.63) is 279 Å². The Morgan fingerprint density at radius 2 is 0.729 bits per heavy atom. The van der Waals surface area contributed by atoms with E-state index in [-0.39, 0.29) is 0 Å². The van der Waals surface area contributed by atoms with Crippen LogP contribution in [0, 0.1) is 0 Å². The quantitative estimate of drug-likeness (QED) is 0.131. The average Bonchev–Trinajstić information content (AvgIpc) is 3.78. The van der Waals surface area contributed by atoms with Crippen LogP contribution in [0.25, 0.3) is 105 Å². The second-order valence-electron chi connectivity index (χ2n) is 18.0. The fourth-order valence-corrected chi connectivity index (χ4v) is 10.8. The van der Waals surface area contributed by atoms with Crippen LogP contribution in [-0.4, -0.2) is 4.57 Å². The van der Waals surface area contributed by atoms with E-state index >= 15 is 0 Å². The molecule has 2 nitrogen and oxygen atoms in total. The van der Waals surface area contributed by atoms with Crippen LogP contribution in [0.2, 0.25) is 0 Å². The topological polar surface area (TPSA) is 8.17 Å². The van der Waals surface area contributed by atoms with E-state index in [4.69, 9.17) is 0 Å². The lowest BCUT2D eigenvalue weighted by Gasteiger charge is -2.28. The number of nitrogens with zero attached hydrogens (tertiary/aromatic N) is 2. The van der Waals surface area contributed by atoms with Gasteiger partial charge < -0.3 is 9.47 Å². The SMILES string of the molecule is c1ccc(-c2ccccc2N(c2ccc(-c3ccc4c(c3)c3ccccc3n4-c3ccccc3)cc2)c2cccc(-c3ccc4c(c3)c(-c3ccccc3)c(-c3ccccc3)c3ccccc34)c2)cc1. The Hall–Kier alpha value is -9.24. The largest absolute Gasteiger partial charge is 0.310 e. The molecule has 328 valence electrons. The number of aromatic nitrogens is 1. The second-order valence-corrected chi connectivity index (χ2v) is 18.0. The molecule has 0 N–H and O–H groups in total. The Balaban J connectivity index is 0.959. The molecule has 0 atom stereocenters. The van der Waals surface area contributed by atoms with Gasteiger partial charge in [0.05, 0.1) is 16.7 Å². The Morgan fingerprint density at radius 3 is 1.46 bits per heavy atom. The van der Waals surface area contributed by atoms with Crippen molar-refractivity contribution < 1.29 is 0 Å². The van der Waals surface area contributed by atoms with Gasteiger partial charge in [-0.3, -0.25) is 0 Å². The van der Waals surface area contributed by atoms with E-state index in [1.807, 2.05) is 0 Å². The lowest BCUT2D eigenvalue weighted by Crippen LogP contribution is -2.11. The summed E-state index contributed by atoms with van der Waals surface area (Å²) in [6.45, 7) is 0. The highest BCUT2D eigenvalue weighted by Gasteiger charge is 2.21. The lowest BCUT2D eigenvalue weighted by molar-refractivity contribution is 1.18. The zero-order valence-electron chi connectivity index (χ0n) is 38.5. The molecule has 0 fully saturated rings. The van der Waals surface area contributed by atoms with E-state index in [9.17, 15) is 0 Å². The van der Waals surface area contributed by atoms with Gasteiger partial charge in [0.2, 0.25) is 0 Å². The maximum absolute atomic E-state index is 2.42. The van der Waals surface area contributed by atoms with Crippen molar-refractivity contribution in [3.8, 4) is 61.3 Å². The highest BCUT2D eigenvalue weighted by Crippen LogP contribution is 2.47. The first kappa shape index (κ1) is 41.0. The number of fused-ring (bicyclic) bond motifs is 6. The number of hydrogen-bond donors (Lipinski definition) is 0. The molecule has 0 unspecified atom stereocenters. The number of rotatable bonds is 9. The molecule has 0 bridgehead atoms. The van der Waals surface area contributed by atoms with Crippen LogP contribution in [-0.2, 0) is 0 Å².